The van der Waals surface area contributed by atoms with Crippen molar-refractivity contribution in [3.8, 4) is 0 Å². The lowest BCUT2D eigenvalue weighted by Crippen LogP contribution is -2.35. The van der Waals surface area contributed by atoms with E-state index < -0.39 is 0 Å². The molecule has 0 spiro atoms. The monoisotopic (exact) mass is 295 g/mol. The van der Waals surface area contributed by atoms with Gasteiger partial charge in [-0.1, -0.05) is 17.7 Å². The molecule has 0 heterocycles. The lowest BCUT2D eigenvalue weighted by atomic mass is 10.1. The van der Waals surface area contributed by atoms with Gasteiger partial charge in [0.05, 0.1) is 12.4 Å². The summed E-state index contributed by atoms with van der Waals surface area (Å²) in [5, 5.41) is 3.49. The van der Waals surface area contributed by atoms with Crippen molar-refractivity contribution in [3.05, 3.63) is 29.3 Å². The molecule has 0 amide bonds. The maximum atomic E-state index is 11.5. The number of hydrogen-bond donors (Lipinski definition) is 1. The summed E-state index contributed by atoms with van der Waals surface area (Å²) in [6.45, 7) is 11.6. The van der Waals surface area contributed by atoms with Crippen LogP contribution in [-0.4, -0.2) is 23.9 Å². The van der Waals surface area contributed by atoms with Crippen molar-refractivity contribution in [1.29, 1.82) is 0 Å². The molecule has 0 bridgehead atoms. The van der Waals surface area contributed by atoms with Gasteiger partial charge in [-0.05, 0) is 46.2 Å². The Balaban J connectivity index is 2.72. The molecule has 1 aromatic rings. The highest BCUT2D eigenvalue weighted by Gasteiger charge is 2.12. The SMILES string of the molecule is CCOC(=O)CSc1ccc(C)cc1CNC(C)(C)C. The molecule has 0 aromatic heterocycles. The quantitative estimate of drug-likeness (QED) is 0.643. The van der Waals surface area contributed by atoms with Crippen molar-refractivity contribution in [2.24, 2.45) is 0 Å². The fourth-order valence-corrected chi connectivity index (χ4v) is 2.52. The van der Waals surface area contributed by atoms with Crippen LogP contribution in [-0.2, 0) is 16.1 Å². The zero-order valence-electron chi connectivity index (χ0n) is 13.1. The van der Waals surface area contributed by atoms with Gasteiger partial charge in [-0.3, -0.25) is 4.79 Å². The molecule has 1 rings (SSSR count). The predicted molar refractivity (Wildman–Crippen MR) is 85.1 cm³/mol. The standard InChI is InChI=1S/C16H25NO2S/c1-6-19-15(18)11-20-14-8-7-12(2)9-13(14)10-17-16(3,4)5/h7-9,17H,6,10-11H2,1-5H3. The summed E-state index contributed by atoms with van der Waals surface area (Å²) in [7, 11) is 0. The van der Waals surface area contributed by atoms with Crippen molar-refractivity contribution < 1.29 is 9.53 Å². The van der Waals surface area contributed by atoms with Crippen LogP contribution in [0.2, 0.25) is 0 Å². The molecule has 0 aliphatic rings. The Hall–Kier alpha value is -1.00. The molecule has 3 nitrogen and oxygen atoms in total. The fourth-order valence-electron chi connectivity index (χ4n) is 1.69. The highest BCUT2D eigenvalue weighted by Crippen LogP contribution is 2.24. The van der Waals surface area contributed by atoms with Crippen LogP contribution in [0.3, 0.4) is 0 Å². The molecule has 0 aliphatic heterocycles. The topological polar surface area (TPSA) is 38.3 Å². The molecule has 0 unspecified atom stereocenters. The highest BCUT2D eigenvalue weighted by atomic mass is 32.2. The Kier molecular flexibility index (Phi) is 6.56. The number of benzene rings is 1. The van der Waals surface area contributed by atoms with Gasteiger partial charge in [-0.25, -0.2) is 0 Å². The number of aryl methyl sites for hydroxylation is 1. The molecule has 20 heavy (non-hydrogen) atoms. The molecule has 0 fully saturated rings. The van der Waals surface area contributed by atoms with Gasteiger partial charge < -0.3 is 10.1 Å². The zero-order valence-corrected chi connectivity index (χ0v) is 13.9. The number of ether oxygens (including phenoxy) is 1. The van der Waals surface area contributed by atoms with Crippen molar-refractivity contribution in [3.63, 3.8) is 0 Å². The van der Waals surface area contributed by atoms with Gasteiger partial charge in [0.25, 0.3) is 0 Å². The van der Waals surface area contributed by atoms with Crippen molar-refractivity contribution in [2.45, 2.75) is 51.6 Å². The average Bonchev–Trinajstić information content (AvgIpc) is 2.34. The van der Waals surface area contributed by atoms with Gasteiger partial charge in [-0.2, -0.15) is 0 Å². The van der Waals surface area contributed by atoms with Crippen molar-refractivity contribution in [2.75, 3.05) is 12.4 Å². The maximum Gasteiger partial charge on any atom is 0.316 e. The van der Waals surface area contributed by atoms with Gasteiger partial charge >= 0.3 is 5.97 Å². The van der Waals surface area contributed by atoms with Crippen molar-refractivity contribution >= 4 is 17.7 Å². The summed E-state index contributed by atoms with van der Waals surface area (Å²) in [5.74, 6) is 0.201. The number of esters is 1. The highest BCUT2D eigenvalue weighted by molar-refractivity contribution is 8.00. The first-order valence-electron chi connectivity index (χ1n) is 6.95. The summed E-state index contributed by atoms with van der Waals surface area (Å²) in [4.78, 5) is 12.6. The lowest BCUT2D eigenvalue weighted by molar-refractivity contribution is -0.139. The molecule has 112 valence electrons. The van der Waals surface area contributed by atoms with E-state index >= 15 is 0 Å². The summed E-state index contributed by atoms with van der Waals surface area (Å²) in [6.07, 6.45) is 0. The summed E-state index contributed by atoms with van der Waals surface area (Å²) in [5.41, 5.74) is 2.54. The largest absolute Gasteiger partial charge is 0.465 e. The first-order valence-corrected chi connectivity index (χ1v) is 7.93. The Bertz CT molecular complexity index is 452. The maximum absolute atomic E-state index is 11.5. The molecule has 0 atom stereocenters. The van der Waals surface area contributed by atoms with Gasteiger partial charge in [-0.15, -0.1) is 11.8 Å². The summed E-state index contributed by atoms with van der Waals surface area (Å²) in [6, 6.07) is 6.33. The Morgan fingerprint density at radius 2 is 2.05 bits per heavy atom. The predicted octanol–water partition coefficient (Wildman–Crippen LogP) is 3.54. The third-order valence-corrected chi connectivity index (χ3v) is 3.77. The van der Waals surface area contributed by atoms with Crippen LogP contribution in [0.5, 0.6) is 0 Å². The van der Waals surface area contributed by atoms with Crippen LogP contribution < -0.4 is 5.32 Å². The van der Waals surface area contributed by atoms with Crippen LogP contribution >= 0.6 is 11.8 Å². The Morgan fingerprint density at radius 3 is 2.65 bits per heavy atom. The second-order valence-corrected chi connectivity index (χ2v) is 6.83. The van der Waals surface area contributed by atoms with Gasteiger partial charge in [0.15, 0.2) is 0 Å². The van der Waals surface area contributed by atoms with E-state index in [2.05, 4.69) is 51.2 Å². The Morgan fingerprint density at radius 1 is 1.35 bits per heavy atom. The van der Waals surface area contributed by atoms with Crippen LogP contribution in [0, 0.1) is 6.92 Å². The van der Waals surface area contributed by atoms with E-state index in [1.165, 1.54) is 22.9 Å². The first kappa shape index (κ1) is 17.1. The molecule has 1 N–H and O–H groups in total. The number of nitrogens with one attached hydrogen (secondary N) is 1. The number of hydrogen-bond acceptors (Lipinski definition) is 4. The van der Waals surface area contributed by atoms with E-state index in [4.69, 9.17) is 4.74 Å². The average molecular weight is 295 g/mol. The van der Waals surface area contributed by atoms with Crippen LogP contribution in [0.15, 0.2) is 23.1 Å². The lowest BCUT2D eigenvalue weighted by Gasteiger charge is -2.21. The van der Waals surface area contributed by atoms with E-state index in [1.54, 1.807) is 0 Å². The number of carbonyl (C=O) groups is 1. The van der Waals surface area contributed by atoms with E-state index in [0.717, 1.165) is 11.4 Å². The van der Waals surface area contributed by atoms with Gasteiger partial charge in [0.1, 0.15) is 0 Å². The van der Waals surface area contributed by atoms with E-state index in [0.29, 0.717) is 12.4 Å². The second-order valence-electron chi connectivity index (χ2n) is 5.81. The minimum atomic E-state index is -0.159. The summed E-state index contributed by atoms with van der Waals surface area (Å²) < 4.78 is 4.97. The van der Waals surface area contributed by atoms with Crippen LogP contribution in [0.25, 0.3) is 0 Å². The van der Waals surface area contributed by atoms with Crippen LogP contribution in [0.4, 0.5) is 0 Å². The van der Waals surface area contributed by atoms with Crippen molar-refractivity contribution in [1.82, 2.24) is 5.32 Å². The van der Waals surface area contributed by atoms with E-state index in [1.807, 2.05) is 6.92 Å². The number of rotatable bonds is 6. The number of thioether (sulfide) groups is 1. The molecule has 0 aliphatic carbocycles. The van der Waals surface area contributed by atoms with E-state index in [-0.39, 0.29) is 11.5 Å². The van der Waals surface area contributed by atoms with Gasteiger partial charge in [0, 0.05) is 17.0 Å². The first-order chi connectivity index (χ1) is 9.31. The zero-order chi connectivity index (χ0) is 15.2. The fraction of sp³-hybridized carbons (Fsp3) is 0.562. The van der Waals surface area contributed by atoms with E-state index in [9.17, 15) is 4.79 Å². The molecule has 4 heteroatoms. The Labute approximate surface area is 126 Å². The normalized spacial score (nSPS) is 11.4. The number of carbonyl (C=O) groups excluding carboxylic acids is 1. The molecular formula is C16H25NO2S. The third-order valence-electron chi connectivity index (χ3n) is 2.68. The summed E-state index contributed by atoms with van der Waals surface area (Å²) >= 11 is 1.54. The second kappa shape index (κ2) is 7.70. The molecule has 0 radical (unpaired) electrons. The smallest absolute Gasteiger partial charge is 0.316 e. The van der Waals surface area contributed by atoms with Crippen LogP contribution in [0.1, 0.15) is 38.8 Å². The molecule has 0 saturated heterocycles. The minimum Gasteiger partial charge on any atom is -0.465 e. The molecule has 1 aromatic carbocycles. The third kappa shape index (κ3) is 6.44. The minimum absolute atomic E-state index is 0.0762. The molecule has 0 saturated carbocycles. The van der Waals surface area contributed by atoms with Gasteiger partial charge in [0.2, 0.25) is 0 Å². The molecular weight excluding hydrogens is 270 g/mol.